The van der Waals surface area contributed by atoms with Gasteiger partial charge >= 0.3 is 0 Å². The minimum atomic E-state index is -0.973. The Morgan fingerprint density at radius 3 is 2.17 bits per heavy atom. The Kier molecular flexibility index (Phi) is 6.64. The van der Waals surface area contributed by atoms with Gasteiger partial charge in [-0.05, 0) is 24.6 Å². The number of carbonyl (C=O) groups is 2. The molecule has 2 aromatic rings. The monoisotopic (exact) mass is 364 g/mol. The fourth-order valence-corrected chi connectivity index (χ4v) is 2.35. The lowest BCUT2D eigenvalue weighted by Crippen LogP contribution is -2.52. The highest BCUT2D eigenvalue weighted by Gasteiger charge is 2.22. The van der Waals surface area contributed by atoms with Gasteiger partial charge in [0.1, 0.15) is 11.0 Å². The molecule has 24 heavy (non-hydrogen) atoms. The molecular weight excluding hydrogens is 347 g/mol. The van der Waals surface area contributed by atoms with Gasteiger partial charge in [0.05, 0.1) is 6.42 Å². The Morgan fingerprint density at radius 2 is 1.58 bits per heavy atom. The zero-order chi connectivity index (χ0) is 17.5. The van der Waals surface area contributed by atoms with Crippen molar-refractivity contribution in [2.75, 3.05) is 0 Å². The molecule has 0 radical (unpaired) electrons. The van der Waals surface area contributed by atoms with Crippen LogP contribution < -0.4 is 10.6 Å². The summed E-state index contributed by atoms with van der Waals surface area (Å²) in [4.78, 5) is 23.4. The maximum Gasteiger partial charge on any atom is 0.252 e. The molecule has 2 N–H and O–H groups in total. The third-order valence-corrected chi connectivity index (χ3v) is 3.88. The van der Waals surface area contributed by atoms with Crippen LogP contribution in [0.5, 0.6) is 0 Å². The molecule has 0 saturated carbocycles. The van der Waals surface area contributed by atoms with E-state index in [0.29, 0.717) is 5.56 Å². The first-order chi connectivity index (χ1) is 11.5. The van der Waals surface area contributed by atoms with E-state index in [2.05, 4.69) is 10.6 Å². The third-order valence-electron chi connectivity index (χ3n) is 3.38. The Hall–Kier alpha value is -2.04. The van der Waals surface area contributed by atoms with Crippen molar-refractivity contribution in [3.05, 3.63) is 71.3 Å². The third kappa shape index (κ3) is 5.55. The van der Waals surface area contributed by atoms with E-state index in [1.165, 1.54) is 0 Å². The first-order valence-electron chi connectivity index (χ1n) is 7.44. The first kappa shape index (κ1) is 18.3. The summed E-state index contributed by atoms with van der Waals surface area (Å²) in [5.74, 6) is -0.631. The molecular formula is C18H18Cl2N2O2. The fourth-order valence-electron chi connectivity index (χ4n) is 2.10. The number of nitrogens with one attached hydrogen (secondary N) is 2. The number of aryl methyl sites for hydroxylation is 1. The van der Waals surface area contributed by atoms with Crippen molar-refractivity contribution < 1.29 is 9.59 Å². The second-order valence-electron chi connectivity index (χ2n) is 5.38. The van der Waals surface area contributed by atoms with Crippen LogP contribution in [0, 0.1) is 6.92 Å². The zero-order valence-electron chi connectivity index (χ0n) is 13.1. The highest BCUT2D eigenvalue weighted by Crippen LogP contribution is 2.09. The Morgan fingerprint density at radius 1 is 0.958 bits per heavy atom. The number of benzene rings is 2. The normalized spacial score (nSPS) is 11.8. The lowest BCUT2D eigenvalue weighted by atomic mass is 10.1. The molecule has 0 heterocycles. The molecule has 0 unspecified atom stereocenters. The standard InChI is InChI=1S/C18H18Cl2N2O2/c1-12-7-9-14(10-8-12)18(24)22-17(16(19)20)21-15(23)11-13-5-3-2-4-6-13/h2-10,16-17H,11H2,1H3,(H,21,23)(H,22,24)/t17-/m0/s1. The number of alkyl halides is 2. The van der Waals surface area contributed by atoms with Gasteiger partial charge < -0.3 is 10.6 Å². The van der Waals surface area contributed by atoms with Crippen LogP contribution in [0.2, 0.25) is 0 Å². The van der Waals surface area contributed by atoms with Gasteiger partial charge in [0.25, 0.3) is 5.91 Å². The number of rotatable bonds is 6. The van der Waals surface area contributed by atoms with E-state index in [1.807, 2.05) is 49.4 Å². The summed E-state index contributed by atoms with van der Waals surface area (Å²) in [5, 5.41) is 5.28. The largest absolute Gasteiger partial charge is 0.333 e. The Bertz CT molecular complexity index is 688. The van der Waals surface area contributed by atoms with E-state index in [1.54, 1.807) is 12.1 Å². The topological polar surface area (TPSA) is 58.2 Å². The summed E-state index contributed by atoms with van der Waals surface area (Å²) in [5.41, 5.74) is 2.38. The number of hydrogen-bond acceptors (Lipinski definition) is 2. The summed E-state index contributed by atoms with van der Waals surface area (Å²) in [6, 6.07) is 16.3. The maximum atomic E-state index is 12.2. The maximum absolute atomic E-state index is 12.2. The van der Waals surface area contributed by atoms with Crippen molar-refractivity contribution in [2.45, 2.75) is 24.3 Å². The van der Waals surface area contributed by atoms with Crippen molar-refractivity contribution in [2.24, 2.45) is 0 Å². The molecule has 6 heteroatoms. The predicted octanol–water partition coefficient (Wildman–Crippen LogP) is 3.21. The highest BCUT2D eigenvalue weighted by atomic mass is 35.5. The first-order valence-corrected chi connectivity index (χ1v) is 8.32. The fraction of sp³-hybridized carbons (Fsp3) is 0.222. The van der Waals surface area contributed by atoms with Crippen molar-refractivity contribution in [3.63, 3.8) is 0 Å². The lowest BCUT2D eigenvalue weighted by Gasteiger charge is -2.21. The number of carbonyl (C=O) groups excluding carboxylic acids is 2. The number of hydrogen-bond donors (Lipinski definition) is 2. The molecule has 0 bridgehead atoms. The summed E-state index contributed by atoms with van der Waals surface area (Å²) in [7, 11) is 0. The Balaban J connectivity index is 1.97. The molecule has 0 aliphatic heterocycles. The molecule has 0 saturated heterocycles. The molecule has 0 fully saturated rings. The molecule has 1 atom stereocenters. The van der Waals surface area contributed by atoms with E-state index in [0.717, 1.165) is 11.1 Å². The van der Waals surface area contributed by atoms with Gasteiger partial charge in [0.2, 0.25) is 5.91 Å². The smallest absolute Gasteiger partial charge is 0.252 e. The molecule has 0 aromatic heterocycles. The zero-order valence-corrected chi connectivity index (χ0v) is 14.6. The van der Waals surface area contributed by atoms with Gasteiger partial charge in [-0.15, -0.1) is 23.2 Å². The van der Waals surface area contributed by atoms with E-state index < -0.39 is 11.0 Å². The van der Waals surface area contributed by atoms with E-state index >= 15 is 0 Å². The SMILES string of the molecule is Cc1ccc(C(=O)N[C@H](NC(=O)Cc2ccccc2)C(Cl)Cl)cc1. The predicted molar refractivity (Wildman–Crippen MR) is 96.2 cm³/mol. The highest BCUT2D eigenvalue weighted by molar-refractivity contribution is 6.45. The van der Waals surface area contributed by atoms with Crippen LogP contribution in [0.4, 0.5) is 0 Å². The van der Waals surface area contributed by atoms with Crippen LogP contribution in [0.25, 0.3) is 0 Å². The van der Waals surface area contributed by atoms with Crippen LogP contribution >= 0.6 is 23.2 Å². The van der Waals surface area contributed by atoms with Gasteiger partial charge in [-0.3, -0.25) is 9.59 Å². The van der Waals surface area contributed by atoms with E-state index in [9.17, 15) is 9.59 Å². The van der Waals surface area contributed by atoms with Crippen LogP contribution in [0.15, 0.2) is 54.6 Å². The molecule has 2 aromatic carbocycles. The minimum absolute atomic E-state index is 0.179. The van der Waals surface area contributed by atoms with Crippen LogP contribution in [-0.4, -0.2) is 22.8 Å². The second-order valence-corrected chi connectivity index (χ2v) is 6.55. The molecule has 0 aliphatic carbocycles. The minimum Gasteiger partial charge on any atom is -0.333 e. The molecule has 4 nitrogen and oxygen atoms in total. The van der Waals surface area contributed by atoms with Gasteiger partial charge in [0.15, 0.2) is 0 Å². The average Bonchev–Trinajstić information content (AvgIpc) is 2.55. The summed E-state index contributed by atoms with van der Waals surface area (Å²) in [6.45, 7) is 1.93. The summed E-state index contributed by atoms with van der Waals surface area (Å²) >= 11 is 11.8. The van der Waals surface area contributed by atoms with Gasteiger partial charge in [-0.25, -0.2) is 0 Å². The van der Waals surface area contributed by atoms with Crippen LogP contribution in [-0.2, 0) is 11.2 Å². The van der Waals surface area contributed by atoms with Crippen molar-refractivity contribution >= 4 is 35.0 Å². The van der Waals surface area contributed by atoms with Crippen molar-refractivity contribution in [3.8, 4) is 0 Å². The average molecular weight is 365 g/mol. The molecule has 126 valence electrons. The van der Waals surface area contributed by atoms with Crippen molar-refractivity contribution in [1.82, 2.24) is 10.6 Å². The molecule has 2 rings (SSSR count). The van der Waals surface area contributed by atoms with E-state index in [4.69, 9.17) is 23.2 Å². The summed E-state index contributed by atoms with van der Waals surface area (Å²) in [6.07, 6.45) is -0.698. The van der Waals surface area contributed by atoms with Gasteiger partial charge in [-0.1, -0.05) is 48.0 Å². The quantitative estimate of drug-likeness (QED) is 0.610. The Labute approximate surface area is 151 Å². The van der Waals surface area contributed by atoms with E-state index in [-0.39, 0.29) is 18.2 Å². The van der Waals surface area contributed by atoms with Gasteiger partial charge in [-0.2, -0.15) is 0 Å². The molecule has 0 spiro atoms. The number of amides is 2. The van der Waals surface area contributed by atoms with Crippen molar-refractivity contribution in [1.29, 1.82) is 0 Å². The number of halogens is 2. The molecule has 2 amide bonds. The lowest BCUT2D eigenvalue weighted by molar-refractivity contribution is -0.121. The van der Waals surface area contributed by atoms with Gasteiger partial charge in [0, 0.05) is 5.56 Å². The van der Waals surface area contributed by atoms with Crippen LogP contribution in [0.1, 0.15) is 21.5 Å². The molecule has 0 aliphatic rings. The summed E-state index contributed by atoms with van der Waals surface area (Å²) < 4.78 is 0. The second kappa shape index (κ2) is 8.71. The van der Waals surface area contributed by atoms with Crippen LogP contribution in [0.3, 0.4) is 0 Å².